The van der Waals surface area contributed by atoms with Gasteiger partial charge in [-0.05, 0) is 38.1 Å². The molecule has 0 aliphatic heterocycles. The number of carbonyl (C=O) groups is 2. The van der Waals surface area contributed by atoms with Gasteiger partial charge >= 0.3 is 0 Å². The Morgan fingerprint density at radius 1 is 0.731 bits per heavy atom. The Morgan fingerprint density at radius 3 is 1.88 bits per heavy atom. The number of carbonyl (C=O) groups excluding carboxylic acids is 2. The molecule has 1 atom stereocenters. The van der Waals surface area contributed by atoms with Crippen LogP contribution >= 0.6 is 0 Å². The molecule has 3 aromatic carbocycles. The minimum atomic E-state index is -0.603. The first-order chi connectivity index (χ1) is 12.5. The van der Waals surface area contributed by atoms with Crippen molar-refractivity contribution in [2.45, 2.75) is 20.0 Å². The Labute approximate surface area is 153 Å². The number of benzene rings is 3. The first-order valence-electron chi connectivity index (χ1n) is 8.52. The van der Waals surface area contributed by atoms with E-state index in [-0.39, 0.29) is 11.6 Å². The lowest BCUT2D eigenvalue weighted by atomic mass is 10.0. The van der Waals surface area contributed by atoms with Gasteiger partial charge in [-0.25, -0.2) is 0 Å². The molecule has 130 valence electrons. The molecule has 0 radical (unpaired) electrons. The summed E-state index contributed by atoms with van der Waals surface area (Å²) in [6, 6.07) is 23.4. The molecule has 3 rings (SSSR count). The highest BCUT2D eigenvalue weighted by Crippen LogP contribution is 2.18. The summed E-state index contributed by atoms with van der Waals surface area (Å²) in [5, 5.41) is 0. The third-order valence-corrected chi connectivity index (χ3v) is 4.17. The second-order valence-corrected chi connectivity index (χ2v) is 6.21. The Hall–Kier alpha value is -3.20. The number of ketones is 2. The summed E-state index contributed by atoms with van der Waals surface area (Å²) in [5.41, 5.74) is 2.96. The number of Topliss-reactive ketones (excluding diaryl/α,β-unsaturated/α-hetero) is 1. The van der Waals surface area contributed by atoms with Gasteiger partial charge in [0.15, 0.2) is 11.9 Å². The summed E-state index contributed by atoms with van der Waals surface area (Å²) in [7, 11) is 0. The van der Waals surface area contributed by atoms with Gasteiger partial charge in [0.2, 0.25) is 5.78 Å². The minimum Gasteiger partial charge on any atom is -0.483 e. The van der Waals surface area contributed by atoms with E-state index in [0.29, 0.717) is 22.4 Å². The van der Waals surface area contributed by atoms with Crippen molar-refractivity contribution >= 4 is 11.6 Å². The molecule has 0 aliphatic carbocycles. The van der Waals surface area contributed by atoms with Crippen LogP contribution in [0, 0.1) is 6.92 Å². The van der Waals surface area contributed by atoms with Gasteiger partial charge in [0.1, 0.15) is 5.75 Å². The number of hydrogen-bond acceptors (Lipinski definition) is 3. The molecule has 3 nitrogen and oxygen atoms in total. The van der Waals surface area contributed by atoms with Crippen molar-refractivity contribution in [1.82, 2.24) is 0 Å². The van der Waals surface area contributed by atoms with Crippen LogP contribution in [0.25, 0.3) is 0 Å². The Kier molecular flexibility index (Phi) is 5.28. The second kappa shape index (κ2) is 7.79. The Bertz CT molecular complexity index is 894. The fourth-order valence-electron chi connectivity index (χ4n) is 2.65. The van der Waals surface area contributed by atoms with Gasteiger partial charge in [-0.3, -0.25) is 9.59 Å². The molecule has 0 spiro atoms. The average Bonchev–Trinajstić information content (AvgIpc) is 2.68. The molecular weight excluding hydrogens is 324 g/mol. The second-order valence-electron chi connectivity index (χ2n) is 6.21. The molecule has 0 saturated carbocycles. The number of ether oxygens (including phenoxy) is 1. The molecule has 3 aromatic rings. The molecule has 0 heterocycles. The lowest BCUT2D eigenvalue weighted by Gasteiger charge is -2.14. The summed E-state index contributed by atoms with van der Waals surface area (Å²) in [6.45, 7) is 3.71. The number of aryl methyl sites for hydroxylation is 1. The molecular formula is C23H20O3. The summed E-state index contributed by atoms with van der Waals surface area (Å²) >= 11 is 0. The van der Waals surface area contributed by atoms with E-state index in [1.807, 2.05) is 37.3 Å². The smallest absolute Gasteiger partial charge is 0.202 e. The zero-order valence-electron chi connectivity index (χ0n) is 14.8. The molecule has 26 heavy (non-hydrogen) atoms. The maximum Gasteiger partial charge on any atom is 0.202 e. The highest BCUT2D eigenvalue weighted by Gasteiger charge is 2.17. The van der Waals surface area contributed by atoms with E-state index in [0.717, 1.165) is 5.56 Å². The highest BCUT2D eigenvalue weighted by molar-refractivity contribution is 6.09. The lowest BCUT2D eigenvalue weighted by molar-refractivity contribution is 0.0817. The lowest BCUT2D eigenvalue weighted by Crippen LogP contribution is -2.23. The predicted molar refractivity (Wildman–Crippen MR) is 102 cm³/mol. The molecule has 0 fully saturated rings. The van der Waals surface area contributed by atoms with Crippen LogP contribution in [0.3, 0.4) is 0 Å². The molecule has 0 amide bonds. The van der Waals surface area contributed by atoms with E-state index in [1.165, 1.54) is 0 Å². The van der Waals surface area contributed by atoms with Crippen LogP contribution in [0.2, 0.25) is 0 Å². The van der Waals surface area contributed by atoms with Gasteiger partial charge in [-0.15, -0.1) is 0 Å². The van der Waals surface area contributed by atoms with Gasteiger partial charge in [0, 0.05) is 16.7 Å². The normalized spacial score (nSPS) is 11.6. The van der Waals surface area contributed by atoms with Gasteiger partial charge < -0.3 is 4.74 Å². The molecule has 3 heteroatoms. The Balaban J connectivity index is 1.68. The van der Waals surface area contributed by atoms with Crippen molar-refractivity contribution in [3.8, 4) is 5.75 Å². The molecule has 0 aromatic heterocycles. The molecule has 0 saturated heterocycles. The van der Waals surface area contributed by atoms with E-state index < -0.39 is 6.10 Å². The monoisotopic (exact) mass is 344 g/mol. The number of rotatable bonds is 6. The summed E-state index contributed by atoms with van der Waals surface area (Å²) in [4.78, 5) is 24.8. The fourth-order valence-corrected chi connectivity index (χ4v) is 2.65. The maximum absolute atomic E-state index is 12.4. The largest absolute Gasteiger partial charge is 0.483 e. The third-order valence-electron chi connectivity index (χ3n) is 4.17. The third kappa shape index (κ3) is 4.06. The van der Waals surface area contributed by atoms with E-state index in [2.05, 4.69) is 0 Å². The van der Waals surface area contributed by atoms with E-state index >= 15 is 0 Å². The van der Waals surface area contributed by atoms with Crippen molar-refractivity contribution in [3.05, 3.63) is 101 Å². The van der Waals surface area contributed by atoms with Crippen molar-refractivity contribution in [1.29, 1.82) is 0 Å². The number of hydrogen-bond donors (Lipinski definition) is 0. The van der Waals surface area contributed by atoms with Crippen LogP contribution in [0.4, 0.5) is 0 Å². The van der Waals surface area contributed by atoms with Crippen LogP contribution in [0.5, 0.6) is 5.75 Å². The van der Waals surface area contributed by atoms with Crippen molar-refractivity contribution < 1.29 is 14.3 Å². The molecule has 0 unspecified atom stereocenters. The van der Waals surface area contributed by atoms with Crippen LogP contribution in [0.1, 0.15) is 38.8 Å². The van der Waals surface area contributed by atoms with Gasteiger partial charge in [-0.1, -0.05) is 60.2 Å². The van der Waals surface area contributed by atoms with Crippen LogP contribution < -0.4 is 4.74 Å². The van der Waals surface area contributed by atoms with Crippen molar-refractivity contribution in [2.75, 3.05) is 0 Å². The maximum atomic E-state index is 12.4. The topological polar surface area (TPSA) is 43.4 Å². The van der Waals surface area contributed by atoms with Crippen molar-refractivity contribution in [3.63, 3.8) is 0 Å². The standard InChI is InChI=1S/C23H20O3/c1-16-8-10-19(11-9-16)22(24)17(2)26-21-14-12-20(13-15-21)23(25)18-6-4-3-5-7-18/h3-15,17H,1-2H3/t17-/m1/s1. The van der Waals surface area contributed by atoms with Gasteiger partial charge in [-0.2, -0.15) is 0 Å². The summed E-state index contributed by atoms with van der Waals surface area (Å²) < 4.78 is 5.74. The first-order valence-corrected chi connectivity index (χ1v) is 8.52. The summed E-state index contributed by atoms with van der Waals surface area (Å²) in [6.07, 6.45) is -0.603. The summed E-state index contributed by atoms with van der Waals surface area (Å²) in [5.74, 6) is 0.443. The molecule has 0 N–H and O–H groups in total. The Morgan fingerprint density at radius 2 is 1.27 bits per heavy atom. The SMILES string of the molecule is Cc1ccc(C(=O)[C@@H](C)Oc2ccc(C(=O)c3ccccc3)cc2)cc1. The van der Waals surface area contributed by atoms with Crippen LogP contribution in [-0.4, -0.2) is 17.7 Å². The van der Waals surface area contributed by atoms with Crippen LogP contribution in [-0.2, 0) is 0 Å². The zero-order chi connectivity index (χ0) is 18.5. The first kappa shape index (κ1) is 17.6. The van der Waals surface area contributed by atoms with Crippen molar-refractivity contribution in [2.24, 2.45) is 0 Å². The van der Waals surface area contributed by atoms with Gasteiger partial charge in [0.25, 0.3) is 0 Å². The van der Waals surface area contributed by atoms with Gasteiger partial charge in [0.05, 0.1) is 0 Å². The highest BCUT2D eigenvalue weighted by atomic mass is 16.5. The van der Waals surface area contributed by atoms with Crippen LogP contribution in [0.15, 0.2) is 78.9 Å². The zero-order valence-corrected chi connectivity index (χ0v) is 14.8. The quantitative estimate of drug-likeness (QED) is 0.599. The average molecular weight is 344 g/mol. The fraction of sp³-hybridized carbons (Fsp3) is 0.130. The predicted octanol–water partition coefficient (Wildman–Crippen LogP) is 4.88. The van der Waals surface area contributed by atoms with E-state index in [1.54, 1.807) is 55.5 Å². The minimum absolute atomic E-state index is 0.0408. The molecule has 0 bridgehead atoms. The van der Waals surface area contributed by atoms with E-state index in [9.17, 15) is 9.59 Å². The molecule has 0 aliphatic rings. The van der Waals surface area contributed by atoms with E-state index in [4.69, 9.17) is 4.74 Å².